The van der Waals surface area contributed by atoms with E-state index in [0.717, 1.165) is 20.4 Å². The highest BCUT2D eigenvalue weighted by atomic mass is 127. The zero-order valence-corrected chi connectivity index (χ0v) is 18.1. The number of esters is 1. The molecular weight excluding hydrogens is 473 g/mol. The van der Waals surface area contributed by atoms with Crippen molar-refractivity contribution >= 4 is 34.7 Å². The Kier molecular flexibility index (Phi) is 9.06. The van der Waals surface area contributed by atoms with Gasteiger partial charge in [-0.15, -0.1) is 0 Å². The van der Waals surface area contributed by atoms with Crippen LogP contribution < -0.4 is 10.1 Å². The van der Waals surface area contributed by atoms with Crippen LogP contribution in [0.2, 0.25) is 0 Å². The van der Waals surface area contributed by atoms with E-state index in [4.69, 9.17) is 14.2 Å². The normalized spacial score (nSPS) is 11.4. The smallest absolute Gasteiger partial charge is 0.407 e. The van der Waals surface area contributed by atoms with Crippen LogP contribution in [-0.2, 0) is 27.3 Å². The molecular formula is C21H24INO5. The molecule has 150 valence electrons. The Balaban J connectivity index is 1.97. The zero-order valence-electron chi connectivity index (χ0n) is 15.9. The molecule has 0 spiro atoms. The molecule has 0 heterocycles. The monoisotopic (exact) mass is 497 g/mol. The lowest BCUT2D eigenvalue weighted by Gasteiger charge is -2.19. The minimum Gasteiger partial charge on any atom is -0.493 e. The molecule has 0 saturated carbocycles. The number of nitrogens with one attached hydrogen (secondary N) is 1. The van der Waals surface area contributed by atoms with Crippen LogP contribution in [0.25, 0.3) is 0 Å². The molecule has 1 unspecified atom stereocenters. The van der Waals surface area contributed by atoms with Crippen molar-refractivity contribution in [3.63, 3.8) is 0 Å². The first-order chi connectivity index (χ1) is 13.5. The number of rotatable bonds is 9. The molecule has 0 aliphatic carbocycles. The third kappa shape index (κ3) is 7.75. The van der Waals surface area contributed by atoms with Crippen LogP contribution in [0.1, 0.15) is 25.0 Å². The summed E-state index contributed by atoms with van der Waals surface area (Å²) in [6.45, 7) is 4.11. The SMILES string of the molecule is CCOc1ccc(CC(COC(C)=O)NC(=O)OCc2ccccc2)cc1I. The van der Waals surface area contributed by atoms with Gasteiger partial charge in [0.15, 0.2) is 0 Å². The van der Waals surface area contributed by atoms with Gasteiger partial charge in [-0.25, -0.2) is 4.79 Å². The van der Waals surface area contributed by atoms with Crippen LogP contribution in [0.4, 0.5) is 4.79 Å². The first-order valence-corrected chi connectivity index (χ1v) is 10.1. The molecule has 0 aliphatic heterocycles. The van der Waals surface area contributed by atoms with Crippen molar-refractivity contribution in [2.75, 3.05) is 13.2 Å². The number of benzene rings is 2. The van der Waals surface area contributed by atoms with Crippen molar-refractivity contribution in [1.82, 2.24) is 5.32 Å². The van der Waals surface area contributed by atoms with E-state index in [9.17, 15) is 9.59 Å². The Morgan fingerprint density at radius 2 is 1.82 bits per heavy atom. The maximum atomic E-state index is 12.2. The summed E-state index contributed by atoms with van der Waals surface area (Å²) in [7, 11) is 0. The quantitative estimate of drug-likeness (QED) is 0.418. The number of hydrogen-bond acceptors (Lipinski definition) is 5. The molecule has 6 nitrogen and oxygen atoms in total. The summed E-state index contributed by atoms with van der Waals surface area (Å²) in [6.07, 6.45) is -0.0579. The van der Waals surface area contributed by atoms with Crippen LogP contribution in [0, 0.1) is 3.57 Å². The van der Waals surface area contributed by atoms with Crippen molar-refractivity contribution < 1.29 is 23.8 Å². The van der Waals surface area contributed by atoms with E-state index >= 15 is 0 Å². The summed E-state index contributed by atoms with van der Waals surface area (Å²) < 4.78 is 16.9. The first kappa shape index (κ1) is 22.0. The maximum absolute atomic E-state index is 12.2. The molecule has 2 aromatic carbocycles. The lowest BCUT2D eigenvalue weighted by atomic mass is 10.1. The number of hydrogen-bond donors (Lipinski definition) is 1. The fourth-order valence-corrected chi connectivity index (χ4v) is 3.26. The largest absolute Gasteiger partial charge is 0.493 e. The molecule has 1 N–H and O–H groups in total. The van der Waals surface area contributed by atoms with Gasteiger partial charge in [0.25, 0.3) is 0 Å². The van der Waals surface area contributed by atoms with Gasteiger partial charge in [-0.05, 0) is 59.2 Å². The van der Waals surface area contributed by atoms with Crippen molar-refractivity contribution in [2.45, 2.75) is 32.9 Å². The van der Waals surface area contributed by atoms with Crippen LogP contribution in [0.15, 0.2) is 48.5 Å². The van der Waals surface area contributed by atoms with Gasteiger partial charge in [-0.2, -0.15) is 0 Å². The molecule has 0 aromatic heterocycles. The van der Waals surface area contributed by atoms with Gasteiger partial charge in [0.2, 0.25) is 0 Å². The Bertz CT molecular complexity index is 782. The highest BCUT2D eigenvalue weighted by molar-refractivity contribution is 14.1. The minimum atomic E-state index is -0.554. The lowest BCUT2D eigenvalue weighted by molar-refractivity contribution is -0.141. The fourth-order valence-electron chi connectivity index (χ4n) is 2.53. The highest BCUT2D eigenvalue weighted by Crippen LogP contribution is 2.22. The zero-order chi connectivity index (χ0) is 20.4. The van der Waals surface area contributed by atoms with E-state index in [2.05, 4.69) is 27.9 Å². The Morgan fingerprint density at radius 1 is 1.07 bits per heavy atom. The Morgan fingerprint density at radius 3 is 2.46 bits per heavy atom. The van der Waals surface area contributed by atoms with Gasteiger partial charge in [-0.3, -0.25) is 4.79 Å². The standard InChI is InChI=1S/C21H24INO5/c1-3-26-20-10-9-17(12-19(20)22)11-18(14-27-15(2)24)23-21(25)28-13-16-7-5-4-6-8-16/h4-10,12,18H,3,11,13-14H2,1-2H3,(H,23,25). The average Bonchev–Trinajstić information content (AvgIpc) is 2.67. The van der Waals surface area contributed by atoms with Crippen molar-refractivity contribution in [1.29, 1.82) is 0 Å². The molecule has 2 aromatic rings. The molecule has 2 rings (SSSR count). The highest BCUT2D eigenvalue weighted by Gasteiger charge is 2.17. The lowest BCUT2D eigenvalue weighted by Crippen LogP contribution is -2.40. The number of carbonyl (C=O) groups excluding carboxylic acids is 2. The topological polar surface area (TPSA) is 73.9 Å². The van der Waals surface area contributed by atoms with Gasteiger partial charge in [0.05, 0.1) is 16.2 Å². The second-order valence-corrected chi connectivity index (χ2v) is 7.27. The summed E-state index contributed by atoms with van der Waals surface area (Å²) in [5.74, 6) is 0.421. The summed E-state index contributed by atoms with van der Waals surface area (Å²) in [6, 6.07) is 14.8. The van der Waals surface area contributed by atoms with Crippen molar-refractivity contribution in [3.8, 4) is 5.75 Å². The van der Waals surface area contributed by atoms with Crippen LogP contribution in [0.3, 0.4) is 0 Å². The van der Waals surface area contributed by atoms with Crippen LogP contribution >= 0.6 is 22.6 Å². The maximum Gasteiger partial charge on any atom is 0.407 e. The van der Waals surface area contributed by atoms with Crippen LogP contribution in [0.5, 0.6) is 5.75 Å². The number of ether oxygens (including phenoxy) is 3. The number of alkyl carbamates (subject to hydrolysis) is 1. The average molecular weight is 497 g/mol. The van der Waals surface area contributed by atoms with Crippen molar-refractivity contribution in [2.24, 2.45) is 0 Å². The molecule has 0 bridgehead atoms. The number of halogens is 1. The van der Waals surface area contributed by atoms with Gasteiger partial charge < -0.3 is 19.5 Å². The molecule has 7 heteroatoms. The van der Waals surface area contributed by atoms with Gasteiger partial charge >= 0.3 is 12.1 Å². The second kappa shape index (κ2) is 11.5. The molecule has 0 aliphatic rings. The van der Waals surface area contributed by atoms with E-state index in [0.29, 0.717) is 13.0 Å². The van der Waals surface area contributed by atoms with Gasteiger partial charge in [0, 0.05) is 6.92 Å². The van der Waals surface area contributed by atoms with E-state index in [1.54, 1.807) is 0 Å². The molecule has 0 radical (unpaired) electrons. The Hall–Kier alpha value is -2.29. The Labute approximate surface area is 178 Å². The molecule has 1 amide bonds. The van der Waals surface area contributed by atoms with E-state index in [1.165, 1.54) is 6.92 Å². The van der Waals surface area contributed by atoms with Gasteiger partial charge in [0.1, 0.15) is 19.0 Å². The molecule has 0 saturated heterocycles. The third-order valence-electron chi connectivity index (χ3n) is 3.80. The first-order valence-electron chi connectivity index (χ1n) is 8.99. The van der Waals surface area contributed by atoms with E-state index in [-0.39, 0.29) is 13.2 Å². The summed E-state index contributed by atoms with van der Waals surface area (Å²) in [5, 5.41) is 2.78. The van der Waals surface area contributed by atoms with E-state index in [1.807, 2.05) is 55.5 Å². The minimum absolute atomic E-state index is 0.0690. The number of amides is 1. The fraction of sp³-hybridized carbons (Fsp3) is 0.333. The second-order valence-electron chi connectivity index (χ2n) is 6.11. The number of carbonyl (C=O) groups is 2. The molecule has 0 fully saturated rings. The summed E-state index contributed by atoms with van der Waals surface area (Å²) >= 11 is 2.21. The third-order valence-corrected chi connectivity index (χ3v) is 4.64. The van der Waals surface area contributed by atoms with Gasteiger partial charge in [-0.1, -0.05) is 36.4 Å². The summed E-state index contributed by atoms with van der Waals surface area (Å²) in [5.41, 5.74) is 1.89. The summed E-state index contributed by atoms with van der Waals surface area (Å²) in [4.78, 5) is 23.4. The van der Waals surface area contributed by atoms with E-state index < -0.39 is 18.1 Å². The molecule has 1 atom stereocenters. The van der Waals surface area contributed by atoms with Crippen LogP contribution in [-0.4, -0.2) is 31.3 Å². The molecule has 28 heavy (non-hydrogen) atoms. The predicted octanol–water partition coefficient (Wildman–Crippen LogP) is 4.09. The predicted molar refractivity (Wildman–Crippen MR) is 114 cm³/mol. The van der Waals surface area contributed by atoms with Crippen molar-refractivity contribution in [3.05, 3.63) is 63.2 Å².